The van der Waals surface area contributed by atoms with Gasteiger partial charge < -0.3 is 5.11 Å². The van der Waals surface area contributed by atoms with Gasteiger partial charge in [0.25, 0.3) is 0 Å². The molecule has 0 saturated heterocycles. The predicted octanol–water partition coefficient (Wildman–Crippen LogP) is 2.42. The molecule has 0 spiro atoms. The van der Waals surface area contributed by atoms with E-state index in [4.69, 9.17) is 5.11 Å². The predicted molar refractivity (Wildman–Crippen MR) is 49.8 cm³/mol. The molecule has 2 aromatic rings. The number of imidazole rings is 1. The van der Waals surface area contributed by atoms with E-state index < -0.39 is 17.0 Å². The van der Waals surface area contributed by atoms with E-state index in [-0.39, 0.29) is 16.3 Å². The maximum Gasteiger partial charge on any atom is 0.427 e. The van der Waals surface area contributed by atoms with Crippen LogP contribution >= 0.6 is 11.3 Å². The normalized spacial score (nSPS) is 12.2. The van der Waals surface area contributed by atoms with Crippen LogP contribution in [-0.2, 0) is 6.18 Å². The minimum atomic E-state index is -4.43. The first-order chi connectivity index (χ1) is 7.30. The Kier molecular flexibility index (Phi) is 2.19. The Morgan fingerprint density at radius 2 is 2.19 bits per heavy atom. The summed E-state index contributed by atoms with van der Waals surface area (Å²) in [6, 6.07) is 0. The van der Waals surface area contributed by atoms with Crippen LogP contribution in [-0.4, -0.2) is 20.5 Å². The van der Waals surface area contributed by atoms with Gasteiger partial charge >= 0.3 is 12.1 Å². The summed E-state index contributed by atoms with van der Waals surface area (Å²) in [6.45, 7) is 1.28. The largest absolute Gasteiger partial charge is 0.476 e. The van der Waals surface area contributed by atoms with Crippen molar-refractivity contribution in [2.75, 3.05) is 0 Å². The number of thiazole rings is 1. The molecular weight excluding hydrogens is 245 g/mol. The smallest absolute Gasteiger partial charge is 0.427 e. The molecule has 0 aliphatic heterocycles. The summed E-state index contributed by atoms with van der Waals surface area (Å²) in [5, 5.41) is 8.63. The maximum atomic E-state index is 12.5. The third kappa shape index (κ3) is 1.54. The molecule has 0 amide bonds. The van der Waals surface area contributed by atoms with Crippen molar-refractivity contribution in [1.29, 1.82) is 0 Å². The van der Waals surface area contributed by atoms with Crippen molar-refractivity contribution in [3.63, 3.8) is 0 Å². The van der Waals surface area contributed by atoms with Gasteiger partial charge in [-0.3, -0.25) is 4.40 Å². The average molecular weight is 250 g/mol. The molecule has 0 saturated carbocycles. The maximum absolute atomic E-state index is 12.5. The number of fused-ring (bicyclic) bond motifs is 1. The lowest BCUT2D eigenvalue weighted by Crippen LogP contribution is -2.05. The molecule has 0 fully saturated rings. The summed E-state index contributed by atoms with van der Waals surface area (Å²) in [4.78, 5) is 13.4. The van der Waals surface area contributed by atoms with Crippen LogP contribution in [0.5, 0.6) is 0 Å². The number of carbonyl (C=O) groups is 1. The summed E-state index contributed by atoms with van der Waals surface area (Å²) in [5.41, 5.74) is -0.310. The zero-order valence-corrected chi connectivity index (χ0v) is 8.69. The van der Waals surface area contributed by atoms with E-state index >= 15 is 0 Å². The van der Waals surface area contributed by atoms with Gasteiger partial charge in [-0.25, -0.2) is 9.78 Å². The molecule has 0 atom stereocenters. The number of alkyl halides is 3. The lowest BCUT2D eigenvalue weighted by Gasteiger charge is -2.03. The molecule has 4 nitrogen and oxygen atoms in total. The highest BCUT2D eigenvalue weighted by Gasteiger charge is 2.36. The molecular formula is C8H5F3N2O2S. The van der Waals surface area contributed by atoms with E-state index in [1.54, 1.807) is 0 Å². The Bertz CT molecular complexity index is 570. The molecule has 0 bridgehead atoms. The van der Waals surface area contributed by atoms with Crippen molar-refractivity contribution < 1.29 is 23.1 Å². The van der Waals surface area contributed by atoms with E-state index in [0.29, 0.717) is 11.3 Å². The number of aryl methyl sites for hydroxylation is 1. The highest BCUT2D eigenvalue weighted by Crippen LogP contribution is 2.37. The molecule has 1 N–H and O–H groups in total. The molecule has 0 aliphatic rings. The molecule has 0 unspecified atom stereocenters. The lowest BCUT2D eigenvalue weighted by atomic mass is 10.4. The van der Waals surface area contributed by atoms with Crippen molar-refractivity contribution in [1.82, 2.24) is 9.38 Å². The quantitative estimate of drug-likeness (QED) is 0.845. The van der Waals surface area contributed by atoms with Gasteiger partial charge in [0.15, 0.2) is 10.7 Å². The summed E-state index contributed by atoms with van der Waals surface area (Å²) >= 11 is 0.433. The Morgan fingerprint density at radius 3 is 2.62 bits per heavy atom. The van der Waals surface area contributed by atoms with Crippen LogP contribution in [0.3, 0.4) is 0 Å². The minimum Gasteiger partial charge on any atom is -0.476 e. The second kappa shape index (κ2) is 3.21. The first-order valence-corrected chi connectivity index (χ1v) is 4.91. The van der Waals surface area contributed by atoms with Crippen LogP contribution in [0.15, 0.2) is 6.20 Å². The highest BCUT2D eigenvalue weighted by atomic mass is 32.1. The third-order valence-corrected chi connectivity index (χ3v) is 3.24. The zero-order valence-electron chi connectivity index (χ0n) is 7.87. The second-order valence-corrected chi connectivity index (χ2v) is 4.08. The van der Waals surface area contributed by atoms with Gasteiger partial charge in [-0.15, -0.1) is 0 Å². The lowest BCUT2D eigenvalue weighted by molar-refractivity contribution is -0.135. The fraction of sp³-hybridized carbons (Fsp3) is 0.250. The van der Waals surface area contributed by atoms with Crippen LogP contribution in [0.1, 0.15) is 21.1 Å². The fourth-order valence-electron chi connectivity index (χ4n) is 1.32. The van der Waals surface area contributed by atoms with Crippen LogP contribution in [0.2, 0.25) is 0 Å². The average Bonchev–Trinajstić information content (AvgIpc) is 2.64. The molecule has 0 aromatic carbocycles. The van der Waals surface area contributed by atoms with Gasteiger partial charge in [-0.1, -0.05) is 11.3 Å². The number of carboxylic acids is 1. The molecule has 0 radical (unpaired) electrons. The van der Waals surface area contributed by atoms with Crippen LogP contribution in [0, 0.1) is 6.92 Å². The summed E-state index contributed by atoms with van der Waals surface area (Å²) in [5.74, 6) is -1.26. The summed E-state index contributed by atoms with van der Waals surface area (Å²) in [7, 11) is 0. The highest BCUT2D eigenvalue weighted by molar-refractivity contribution is 7.17. The SMILES string of the molecule is Cc1c(C(F)(F)F)sc2nc(C(=O)O)cn12. The van der Waals surface area contributed by atoms with Gasteiger partial charge in [0.05, 0.1) is 0 Å². The Balaban J connectivity index is 2.64. The van der Waals surface area contributed by atoms with Gasteiger partial charge in [0, 0.05) is 11.9 Å². The number of aromatic nitrogens is 2. The second-order valence-electron chi connectivity index (χ2n) is 3.10. The minimum absolute atomic E-state index is 0.0298. The van der Waals surface area contributed by atoms with Crippen molar-refractivity contribution in [2.24, 2.45) is 0 Å². The zero-order chi connectivity index (χ0) is 12.1. The number of aromatic carboxylic acids is 1. The number of hydrogen-bond acceptors (Lipinski definition) is 3. The molecule has 2 heterocycles. The number of halogens is 3. The Morgan fingerprint density at radius 1 is 1.56 bits per heavy atom. The molecule has 0 aliphatic carbocycles. The van der Waals surface area contributed by atoms with Gasteiger partial charge in [-0.05, 0) is 6.92 Å². The van der Waals surface area contributed by atoms with E-state index in [2.05, 4.69) is 4.98 Å². The number of carboxylic acid groups (broad SMARTS) is 1. The summed E-state index contributed by atoms with van der Waals surface area (Å²) < 4.78 is 38.6. The fourth-order valence-corrected chi connectivity index (χ4v) is 2.29. The van der Waals surface area contributed by atoms with Gasteiger partial charge in [-0.2, -0.15) is 13.2 Å². The van der Waals surface area contributed by atoms with Crippen molar-refractivity contribution in [2.45, 2.75) is 13.1 Å². The van der Waals surface area contributed by atoms with Crippen molar-refractivity contribution in [3.05, 3.63) is 22.5 Å². The van der Waals surface area contributed by atoms with Crippen molar-refractivity contribution in [3.8, 4) is 0 Å². The van der Waals surface area contributed by atoms with Gasteiger partial charge in [0.2, 0.25) is 0 Å². The molecule has 86 valence electrons. The Hall–Kier alpha value is -1.57. The monoisotopic (exact) mass is 250 g/mol. The number of hydrogen-bond donors (Lipinski definition) is 1. The Labute approximate surface area is 91.0 Å². The number of nitrogens with zero attached hydrogens (tertiary/aromatic N) is 2. The molecule has 2 aromatic heterocycles. The standard InChI is InChI=1S/C8H5F3N2O2S/c1-3-5(8(9,10)11)16-7-12-4(6(14)15)2-13(3)7/h2H,1H3,(H,14,15). The van der Waals surface area contributed by atoms with Crippen molar-refractivity contribution >= 4 is 22.3 Å². The number of rotatable bonds is 1. The topological polar surface area (TPSA) is 54.6 Å². The molecule has 8 heteroatoms. The van der Waals surface area contributed by atoms with E-state index in [1.165, 1.54) is 6.92 Å². The first-order valence-electron chi connectivity index (χ1n) is 4.09. The van der Waals surface area contributed by atoms with E-state index in [0.717, 1.165) is 10.6 Å². The first kappa shape index (κ1) is 10.9. The molecule has 2 rings (SSSR count). The van der Waals surface area contributed by atoms with Crippen LogP contribution in [0.25, 0.3) is 4.96 Å². The van der Waals surface area contributed by atoms with Gasteiger partial charge in [0.1, 0.15) is 4.88 Å². The van der Waals surface area contributed by atoms with Crippen LogP contribution < -0.4 is 0 Å². The van der Waals surface area contributed by atoms with E-state index in [9.17, 15) is 18.0 Å². The van der Waals surface area contributed by atoms with Crippen LogP contribution in [0.4, 0.5) is 13.2 Å². The van der Waals surface area contributed by atoms with E-state index in [1.807, 2.05) is 0 Å². The third-order valence-electron chi connectivity index (χ3n) is 2.03. The summed E-state index contributed by atoms with van der Waals surface area (Å²) in [6.07, 6.45) is -3.35. The molecule has 16 heavy (non-hydrogen) atoms.